The number of nitro benzene ring substituents is 1. The number of hydrogen-bond acceptors (Lipinski definition) is 4. The number of benzene rings is 2. The van der Waals surface area contributed by atoms with Crippen LogP contribution in [-0.4, -0.2) is 11.2 Å². The standard InChI is InChI=1S/C15H12BrNO4/c1-2-10-3-5-15(13(7-10)17(19)20)21-14-6-4-12(16)8-11(14)9-18/h3-9H,2H2,1H3. The Morgan fingerprint density at radius 1 is 1.24 bits per heavy atom. The van der Waals surface area contributed by atoms with Crippen molar-refractivity contribution in [3.63, 3.8) is 0 Å². The molecule has 5 nitrogen and oxygen atoms in total. The van der Waals surface area contributed by atoms with E-state index in [0.29, 0.717) is 18.3 Å². The monoisotopic (exact) mass is 349 g/mol. The van der Waals surface area contributed by atoms with Gasteiger partial charge in [-0.3, -0.25) is 14.9 Å². The lowest BCUT2D eigenvalue weighted by Crippen LogP contribution is -1.97. The van der Waals surface area contributed by atoms with Gasteiger partial charge in [0.15, 0.2) is 6.29 Å². The minimum atomic E-state index is -0.492. The van der Waals surface area contributed by atoms with Crippen molar-refractivity contribution in [3.05, 3.63) is 62.1 Å². The maximum Gasteiger partial charge on any atom is 0.311 e. The van der Waals surface area contributed by atoms with Crippen molar-refractivity contribution >= 4 is 27.9 Å². The number of nitrogens with zero attached hydrogens (tertiary/aromatic N) is 1. The van der Waals surface area contributed by atoms with E-state index < -0.39 is 4.92 Å². The number of ether oxygens (including phenoxy) is 1. The maximum absolute atomic E-state index is 11.1. The first-order valence-corrected chi connectivity index (χ1v) is 7.04. The zero-order valence-corrected chi connectivity index (χ0v) is 12.8. The SMILES string of the molecule is CCc1ccc(Oc2ccc(Br)cc2C=O)c([N+](=O)[O-])c1. The first-order valence-electron chi connectivity index (χ1n) is 6.25. The molecule has 0 N–H and O–H groups in total. The fraction of sp³-hybridized carbons (Fsp3) is 0.133. The number of hydrogen-bond donors (Lipinski definition) is 0. The van der Waals surface area contributed by atoms with E-state index in [1.54, 1.807) is 30.3 Å². The topological polar surface area (TPSA) is 69.4 Å². The lowest BCUT2D eigenvalue weighted by molar-refractivity contribution is -0.385. The molecule has 6 heteroatoms. The molecular formula is C15H12BrNO4. The number of carbonyl (C=O) groups excluding carboxylic acids is 1. The Morgan fingerprint density at radius 3 is 2.57 bits per heavy atom. The molecule has 0 bridgehead atoms. The Labute approximate surface area is 129 Å². The van der Waals surface area contributed by atoms with Gasteiger partial charge in [0.25, 0.3) is 0 Å². The summed E-state index contributed by atoms with van der Waals surface area (Å²) in [5.41, 5.74) is 1.05. The van der Waals surface area contributed by atoms with Crippen molar-refractivity contribution in [3.8, 4) is 11.5 Å². The Balaban J connectivity index is 2.44. The Hall–Kier alpha value is -2.21. The fourth-order valence-corrected chi connectivity index (χ4v) is 2.21. The molecule has 0 spiro atoms. The highest BCUT2D eigenvalue weighted by atomic mass is 79.9. The molecule has 0 radical (unpaired) electrons. The van der Waals surface area contributed by atoms with E-state index in [2.05, 4.69) is 15.9 Å². The summed E-state index contributed by atoms with van der Waals surface area (Å²) in [6.45, 7) is 1.92. The zero-order valence-electron chi connectivity index (χ0n) is 11.2. The van der Waals surface area contributed by atoms with Gasteiger partial charge in [-0.1, -0.05) is 28.9 Å². The van der Waals surface area contributed by atoms with Crippen molar-refractivity contribution in [1.82, 2.24) is 0 Å². The molecule has 0 aromatic heterocycles. The smallest absolute Gasteiger partial charge is 0.311 e. The predicted octanol–water partition coefficient (Wildman–Crippen LogP) is 4.52. The molecule has 2 rings (SSSR count). The molecule has 2 aromatic carbocycles. The third-order valence-corrected chi connectivity index (χ3v) is 3.44. The van der Waals surface area contributed by atoms with Gasteiger partial charge in [0.05, 0.1) is 10.5 Å². The molecule has 0 atom stereocenters. The van der Waals surface area contributed by atoms with Gasteiger partial charge in [0.1, 0.15) is 5.75 Å². The van der Waals surface area contributed by atoms with Gasteiger partial charge >= 0.3 is 5.69 Å². The van der Waals surface area contributed by atoms with Crippen molar-refractivity contribution < 1.29 is 14.5 Å². The summed E-state index contributed by atoms with van der Waals surface area (Å²) in [7, 11) is 0. The van der Waals surface area contributed by atoms with Crippen LogP contribution in [0.4, 0.5) is 5.69 Å². The predicted molar refractivity (Wildman–Crippen MR) is 82.1 cm³/mol. The first kappa shape index (κ1) is 15.2. The molecule has 0 fully saturated rings. The normalized spacial score (nSPS) is 10.2. The lowest BCUT2D eigenvalue weighted by Gasteiger charge is -2.09. The van der Waals surface area contributed by atoms with Gasteiger partial charge in [-0.2, -0.15) is 0 Å². The number of aldehydes is 1. The van der Waals surface area contributed by atoms with Crippen molar-refractivity contribution in [2.45, 2.75) is 13.3 Å². The van der Waals surface area contributed by atoms with Crippen LogP contribution in [-0.2, 0) is 6.42 Å². The van der Waals surface area contributed by atoms with Crippen LogP contribution in [0, 0.1) is 10.1 Å². The molecule has 0 saturated carbocycles. The van der Waals surface area contributed by atoms with Gasteiger partial charge in [0.2, 0.25) is 5.75 Å². The highest BCUT2D eigenvalue weighted by Gasteiger charge is 2.17. The van der Waals surface area contributed by atoms with E-state index in [9.17, 15) is 14.9 Å². The van der Waals surface area contributed by atoms with Crippen LogP contribution in [0.1, 0.15) is 22.8 Å². The molecule has 0 aliphatic carbocycles. The summed E-state index contributed by atoms with van der Waals surface area (Å²) >= 11 is 3.26. The fourth-order valence-electron chi connectivity index (χ4n) is 1.83. The van der Waals surface area contributed by atoms with Crippen LogP contribution in [0.5, 0.6) is 11.5 Å². The molecule has 0 unspecified atom stereocenters. The molecule has 0 aliphatic rings. The lowest BCUT2D eigenvalue weighted by atomic mass is 10.1. The average molecular weight is 350 g/mol. The van der Waals surface area contributed by atoms with Crippen LogP contribution in [0.25, 0.3) is 0 Å². The van der Waals surface area contributed by atoms with E-state index >= 15 is 0 Å². The third kappa shape index (κ3) is 3.46. The van der Waals surface area contributed by atoms with Crippen LogP contribution in [0.2, 0.25) is 0 Å². The first-order chi connectivity index (χ1) is 10.0. The van der Waals surface area contributed by atoms with Crippen LogP contribution >= 0.6 is 15.9 Å². The minimum Gasteiger partial charge on any atom is -0.449 e. The van der Waals surface area contributed by atoms with E-state index in [0.717, 1.165) is 10.0 Å². The second-order valence-electron chi connectivity index (χ2n) is 4.31. The van der Waals surface area contributed by atoms with E-state index in [1.165, 1.54) is 6.07 Å². The molecule has 0 heterocycles. The highest BCUT2D eigenvalue weighted by Crippen LogP contribution is 2.34. The van der Waals surface area contributed by atoms with Crippen LogP contribution < -0.4 is 4.74 Å². The quantitative estimate of drug-likeness (QED) is 0.451. The van der Waals surface area contributed by atoms with Crippen LogP contribution in [0.15, 0.2) is 40.9 Å². The third-order valence-electron chi connectivity index (χ3n) is 2.95. The van der Waals surface area contributed by atoms with E-state index in [1.807, 2.05) is 6.92 Å². The Morgan fingerprint density at radius 2 is 1.95 bits per heavy atom. The largest absolute Gasteiger partial charge is 0.449 e. The van der Waals surface area contributed by atoms with E-state index in [-0.39, 0.29) is 17.2 Å². The highest BCUT2D eigenvalue weighted by molar-refractivity contribution is 9.10. The number of aryl methyl sites for hydroxylation is 1. The number of halogens is 1. The number of nitro groups is 1. The Bertz CT molecular complexity index is 700. The van der Waals surface area contributed by atoms with Crippen molar-refractivity contribution in [1.29, 1.82) is 0 Å². The van der Waals surface area contributed by atoms with Gasteiger partial charge < -0.3 is 4.74 Å². The molecule has 21 heavy (non-hydrogen) atoms. The molecule has 0 aliphatic heterocycles. The average Bonchev–Trinajstić information content (AvgIpc) is 2.49. The molecule has 0 saturated heterocycles. The summed E-state index contributed by atoms with van der Waals surface area (Å²) in [5.74, 6) is 0.392. The van der Waals surface area contributed by atoms with Gasteiger partial charge in [-0.05, 0) is 36.2 Å². The maximum atomic E-state index is 11.1. The Kier molecular flexibility index (Phi) is 4.70. The summed E-state index contributed by atoms with van der Waals surface area (Å²) in [4.78, 5) is 21.7. The number of carbonyl (C=O) groups is 1. The van der Waals surface area contributed by atoms with Gasteiger partial charge in [0, 0.05) is 10.5 Å². The molecular weight excluding hydrogens is 338 g/mol. The summed E-state index contributed by atoms with van der Waals surface area (Å²) in [5, 5.41) is 11.1. The summed E-state index contributed by atoms with van der Waals surface area (Å²) < 4.78 is 6.28. The zero-order chi connectivity index (χ0) is 15.4. The summed E-state index contributed by atoms with van der Waals surface area (Å²) in [6.07, 6.45) is 1.34. The van der Waals surface area contributed by atoms with E-state index in [4.69, 9.17) is 4.74 Å². The van der Waals surface area contributed by atoms with Crippen LogP contribution in [0.3, 0.4) is 0 Å². The van der Waals surface area contributed by atoms with Gasteiger partial charge in [-0.25, -0.2) is 0 Å². The van der Waals surface area contributed by atoms with Crippen molar-refractivity contribution in [2.24, 2.45) is 0 Å². The van der Waals surface area contributed by atoms with Crippen molar-refractivity contribution in [2.75, 3.05) is 0 Å². The van der Waals surface area contributed by atoms with Gasteiger partial charge in [-0.15, -0.1) is 0 Å². The molecule has 108 valence electrons. The number of rotatable bonds is 5. The second kappa shape index (κ2) is 6.49. The molecule has 0 amide bonds. The molecule has 2 aromatic rings. The summed E-state index contributed by atoms with van der Waals surface area (Å²) in [6, 6.07) is 9.68. The second-order valence-corrected chi connectivity index (χ2v) is 5.23. The minimum absolute atomic E-state index is 0.114.